The Balaban J connectivity index is 1.30. The number of ketones is 1. The Morgan fingerprint density at radius 1 is 0.976 bits per heavy atom. The molecule has 3 aromatic carbocycles. The van der Waals surface area contributed by atoms with Gasteiger partial charge in [0.05, 0.1) is 40.8 Å². The third kappa shape index (κ3) is 4.19. The van der Waals surface area contributed by atoms with Gasteiger partial charge < -0.3 is 28.8 Å². The summed E-state index contributed by atoms with van der Waals surface area (Å²) < 4.78 is 16.4. The lowest BCUT2D eigenvalue weighted by atomic mass is 9.86. The monoisotopic (exact) mass is 562 g/mol. The van der Waals surface area contributed by atoms with E-state index in [1.807, 2.05) is 30.3 Å². The van der Waals surface area contributed by atoms with Crippen molar-refractivity contribution in [3.05, 3.63) is 95.4 Å². The lowest BCUT2D eigenvalue weighted by molar-refractivity contribution is 0.0526. The van der Waals surface area contributed by atoms with Crippen LogP contribution in [0.15, 0.2) is 81.9 Å². The molecule has 2 aromatic heterocycles. The van der Waals surface area contributed by atoms with E-state index in [1.165, 1.54) is 6.26 Å². The van der Waals surface area contributed by atoms with Crippen LogP contribution in [0.1, 0.15) is 43.8 Å². The quantitative estimate of drug-likeness (QED) is 0.262. The molecule has 0 unspecified atom stereocenters. The van der Waals surface area contributed by atoms with Gasteiger partial charge in [0.25, 0.3) is 5.91 Å². The van der Waals surface area contributed by atoms with Gasteiger partial charge in [-0.2, -0.15) is 0 Å². The Kier molecular flexibility index (Phi) is 6.23. The predicted molar refractivity (Wildman–Crippen MR) is 155 cm³/mol. The summed E-state index contributed by atoms with van der Waals surface area (Å²) in [4.78, 5) is 43.1. The van der Waals surface area contributed by atoms with Crippen molar-refractivity contribution in [3.63, 3.8) is 0 Å². The second-order valence-electron chi connectivity index (χ2n) is 10.1. The van der Waals surface area contributed by atoms with Crippen LogP contribution in [0.3, 0.4) is 0 Å². The average molecular weight is 563 g/mol. The highest BCUT2D eigenvalue weighted by molar-refractivity contribution is 6.28. The molecule has 0 atom stereocenters. The summed E-state index contributed by atoms with van der Waals surface area (Å²) in [6.07, 6.45) is 1.49. The van der Waals surface area contributed by atoms with Gasteiger partial charge in [0.15, 0.2) is 17.3 Å². The maximum atomic E-state index is 13.9. The number of esters is 1. The zero-order valence-corrected chi connectivity index (χ0v) is 22.8. The van der Waals surface area contributed by atoms with Crippen LogP contribution in [-0.4, -0.2) is 60.5 Å². The average Bonchev–Trinajstić information content (AvgIpc) is 3.72. The summed E-state index contributed by atoms with van der Waals surface area (Å²) in [6, 6.07) is 19.6. The van der Waals surface area contributed by atoms with Crippen LogP contribution in [-0.2, 0) is 4.74 Å². The standard InChI is InChI=1S/C32H26N4O6/c1-2-40-32(39)19-7-5-8-20(17-19)33-23-18-24(35-12-14-36(15-13-35)31(38)25-11-6-16-41-25)28-27-26(23)29(37)21-9-3-4-10-22(21)30(27)42-34-28/h3-11,16-18,33H,2,12-15H2,1H3. The number of carbonyl (C=O) groups excluding carboxylic acids is 3. The summed E-state index contributed by atoms with van der Waals surface area (Å²) in [5, 5.41) is 8.47. The van der Waals surface area contributed by atoms with Gasteiger partial charge in [-0.25, -0.2) is 4.79 Å². The topological polar surface area (TPSA) is 118 Å². The fraction of sp³-hybridized carbons (Fsp3) is 0.188. The van der Waals surface area contributed by atoms with Gasteiger partial charge in [-0.1, -0.05) is 35.5 Å². The van der Waals surface area contributed by atoms with Crippen molar-refractivity contribution in [2.45, 2.75) is 6.92 Å². The molecule has 1 aliphatic heterocycles. The first-order valence-corrected chi connectivity index (χ1v) is 13.8. The maximum Gasteiger partial charge on any atom is 0.338 e. The zero-order valence-electron chi connectivity index (χ0n) is 22.8. The number of piperazine rings is 1. The molecule has 10 nitrogen and oxygen atoms in total. The third-order valence-electron chi connectivity index (χ3n) is 7.67. The Morgan fingerprint density at radius 3 is 2.55 bits per heavy atom. The summed E-state index contributed by atoms with van der Waals surface area (Å²) in [5.41, 5.74) is 4.64. The molecule has 3 heterocycles. The Morgan fingerprint density at radius 2 is 1.79 bits per heavy atom. The smallest absolute Gasteiger partial charge is 0.338 e. The molecule has 0 spiro atoms. The summed E-state index contributed by atoms with van der Waals surface area (Å²) in [7, 11) is 0. The SMILES string of the molecule is CCOC(=O)c1cccc(Nc2cc(N3CCN(C(=O)c4ccco4)CC3)c3noc4c3c2C(=O)c2ccccc2-4)c1. The molecule has 1 aliphatic carbocycles. The molecule has 1 saturated heterocycles. The predicted octanol–water partition coefficient (Wildman–Crippen LogP) is 5.51. The number of furan rings is 1. The van der Waals surface area contributed by atoms with E-state index >= 15 is 0 Å². The molecule has 10 heteroatoms. The van der Waals surface area contributed by atoms with Gasteiger partial charge in [-0.3, -0.25) is 9.59 Å². The van der Waals surface area contributed by atoms with Crippen molar-refractivity contribution in [2.75, 3.05) is 43.0 Å². The lowest BCUT2D eigenvalue weighted by Gasteiger charge is -2.36. The molecule has 1 amide bonds. The molecule has 42 heavy (non-hydrogen) atoms. The minimum Gasteiger partial charge on any atom is -0.462 e. The van der Waals surface area contributed by atoms with Gasteiger partial charge in [0, 0.05) is 43.0 Å². The Labute approximate surface area is 240 Å². The van der Waals surface area contributed by atoms with Gasteiger partial charge in [0.1, 0.15) is 5.52 Å². The first-order chi connectivity index (χ1) is 20.5. The first kappa shape index (κ1) is 25.6. The van der Waals surface area contributed by atoms with E-state index < -0.39 is 5.97 Å². The van der Waals surface area contributed by atoms with E-state index in [1.54, 1.807) is 48.2 Å². The van der Waals surface area contributed by atoms with Crippen molar-refractivity contribution in [1.82, 2.24) is 10.1 Å². The largest absolute Gasteiger partial charge is 0.462 e. The first-order valence-electron chi connectivity index (χ1n) is 13.8. The van der Waals surface area contributed by atoms with Crippen molar-refractivity contribution in [2.24, 2.45) is 0 Å². The number of nitrogens with one attached hydrogen (secondary N) is 1. The van der Waals surface area contributed by atoms with E-state index in [0.717, 1.165) is 5.69 Å². The van der Waals surface area contributed by atoms with Crippen LogP contribution in [0, 0.1) is 0 Å². The fourth-order valence-corrected chi connectivity index (χ4v) is 5.68. The molecule has 210 valence electrons. The van der Waals surface area contributed by atoms with Gasteiger partial charge in [-0.15, -0.1) is 0 Å². The number of benzene rings is 3. The minimum absolute atomic E-state index is 0.143. The van der Waals surface area contributed by atoms with Crippen LogP contribution < -0.4 is 10.2 Å². The number of amides is 1. The molecule has 5 aromatic rings. The number of fused-ring (bicyclic) bond motifs is 2. The van der Waals surface area contributed by atoms with Crippen molar-refractivity contribution >= 4 is 45.6 Å². The van der Waals surface area contributed by atoms with Crippen molar-refractivity contribution in [3.8, 4) is 11.3 Å². The number of rotatable bonds is 6. The molecule has 1 fully saturated rings. The van der Waals surface area contributed by atoms with Crippen LogP contribution in [0.2, 0.25) is 0 Å². The molecule has 0 radical (unpaired) electrons. The summed E-state index contributed by atoms with van der Waals surface area (Å²) in [6.45, 7) is 4.09. The van der Waals surface area contributed by atoms with Crippen LogP contribution >= 0.6 is 0 Å². The van der Waals surface area contributed by atoms with Crippen molar-refractivity contribution in [1.29, 1.82) is 0 Å². The Hall–Kier alpha value is -5.38. The van der Waals surface area contributed by atoms with Gasteiger partial charge >= 0.3 is 5.97 Å². The molecule has 7 rings (SSSR count). The summed E-state index contributed by atoms with van der Waals surface area (Å²) in [5.74, 6) is 0.131. The molecular weight excluding hydrogens is 536 g/mol. The number of ether oxygens (including phenoxy) is 1. The van der Waals surface area contributed by atoms with E-state index in [2.05, 4.69) is 15.4 Å². The number of anilines is 3. The molecule has 1 N–H and O–H groups in total. The zero-order chi connectivity index (χ0) is 28.8. The number of nitrogens with zero attached hydrogens (tertiary/aromatic N) is 3. The van der Waals surface area contributed by atoms with E-state index in [0.29, 0.717) is 82.2 Å². The normalized spacial score (nSPS) is 14.2. The number of carbonyl (C=O) groups is 3. The fourth-order valence-electron chi connectivity index (χ4n) is 5.68. The molecular formula is C32H26N4O6. The highest BCUT2D eigenvalue weighted by Crippen LogP contribution is 2.46. The number of hydrogen-bond acceptors (Lipinski definition) is 9. The Bertz CT molecular complexity index is 1850. The second-order valence-corrected chi connectivity index (χ2v) is 10.1. The highest BCUT2D eigenvalue weighted by Gasteiger charge is 2.34. The van der Waals surface area contributed by atoms with Gasteiger partial charge in [-0.05, 0) is 43.3 Å². The second kappa shape index (κ2) is 10.2. The molecule has 0 saturated carbocycles. The minimum atomic E-state index is -0.424. The van der Waals surface area contributed by atoms with E-state index in [9.17, 15) is 14.4 Å². The van der Waals surface area contributed by atoms with E-state index in [-0.39, 0.29) is 18.3 Å². The lowest BCUT2D eigenvalue weighted by Crippen LogP contribution is -2.48. The van der Waals surface area contributed by atoms with Crippen LogP contribution in [0.5, 0.6) is 0 Å². The highest BCUT2D eigenvalue weighted by atomic mass is 16.5. The van der Waals surface area contributed by atoms with Crippen molar-refractivity contribution < 1.29 is 28.1 Å². The van der Waals surface area contributed by atoms with Crippen LogP contribution in [0.4, 0.5) is 17.1 Å². The summed E-state index contributed by atoms with van der Waals surface area (Å²) >= 11 is 0. The third-order valence-corrected chi connectivity index (χ3v) is 7.67. The van der Waals surface area contributed by atoms with Gasteiger partial charge in [0.2, 0.25) is 0 Å². The number of aromatic nitrogens is 1. The van der Waals surface area contributed by atoms with Crippen LogP contribution in [0.25, 0.3) is 22.2 Å². The van der Waals surface area contributed by atoms with E-state index in [4.69, 9.17) is 13.7 Å². The maximum absolute atomic E-state index is 13.9. The number of hydrogen-bond donors (Lipinski definition) is 1. The molecule has 2 aliphatic rings. The molecule has 0 bridgehead atoms.